The number of amides is 1. The van der Waals surface area contributed by atoms with Crippen molar-refractivity contribution >= 4 is 17.2 Å². The van der Waals surface area contributed by atoms with E-state index in [1.165, 1.54) is 22.1 Å². The first kappa shape index (κ1) is 18.1. The van der Waals surface area contributed by atoms with Crippen LogP contribution in [0.5, 0.6) is 0 Å². The van der Waals surface area contributed by atoms with Crippen LogP contribution in [0.1, 0.15) is 32.4 Å². The van der Waals surface area contributed by atoms with E-state index in [2.05, 4.69) is 10.4 Å². The van der Waals surface area contributed by atoms with Crippen LogP contribution in [-0.2, 0) is 10.3 Å². The van der Waals surface area contributed by atoms with E-state index in [4.69, 9.17) is 0 Å². The molecule has 0 aliphatic carbocycles. The Morgan fingerprint density at radius 1 is 1.12 bits per heavy atom. The monoisotopic (exact) mass is 367 g/mol. The van der Waals surface area contributed by atoms with Crippen molar-refractivity contribution in [2.45, 2.75) is 32.4 Å². The van der Waals surface area contributed by atoms with Gasteiger partial charge in [0.15, 0.2) is 0 Å². The van der Waals surface area contributed by atoms with Crippen molar-refractivity contribution in [3.8, 4) is 10.6 Å². The fraction of sp³-hybridized carbons (Fsp3) is 0.250. The van der Waals surface area contributed by atoms with E-state index in [-0.39, 0.29) is 17.5 Å². The average molecular weight is 367 g/mol. The molecule has 0 radical (unpaired) electrons. The van der Waals surface area contributed by atoms with Gasteiger partial charge in [0.1, 0.15) is 11.2 Å². The molecule has 6 heteroatoms. The number of carbonyl (C=O) groups is 1. The van der Waals surface area contributed by atoms with Gasteiger partial charge in [-0.25, -0.2) is 4.68 Å². The predicted molar refractivity (Wildman–Crippen MR) is 104 cm³/mol. The molecule has 1 amide bonds. The van der Waals surface area contributed by atoms with Crippen molar-refractivity contribution < 1.29 is 4.79 Å². The summed E-state index contributed by atoms with van der Waals surface area (Å²) in [6.45, 7) is 5.32. The maximum Gasteiger partial charge on any atom is 0.267 e. The maximum atomic E-state index is 12.9. The number of thiophene rings is 1. The Labute approximate surface area is 156 Å². The molecule has 0 saturated heterocycles. The molecule has 26 heavy (non-hydrogen) atoms. The van der Waals surface area contributed by atoms with Gasteiger partial charge in [-0.1, -0.05) is 36.4 Å². The van der Waals surface area contributed by atoms with Crippen LogP contribution in [0, 0.1) is 0 Å². The van der Waals surface area contributed by atoms with Crippen molar-refractivity contribution in [2.75, 3.05) is 0 Å². The lowest BCUT2D eigenvalue weighted by molar-refractivity contribution is -0.129. The van der Waals surface area contributed by atoms with Gasteiger partial charge in [-0.2, -0.15) is 5.10 Å². The van der Waals surface area contributed by atoms with Gasteiger partial charge >= 0.3 is 0 Å². The SMILES string of the molecule is CC(NC(=O)C(C)(C)n1nc(-c2cccs2)ccc1=O)c1ccccc1. The zero-order valence-electron chi connectivity index (χ0n) is 15.0. The summed E-state index contributed by atoms with van der Waals surface area (Å²) in [5.41, 5.74) is 0.256. The summed E-state index contributed by atoms with van der Waals surface area (Å²) >= 11 is 1.54. The number of rotatable bonds is 5. The number of benzene rings is 1. The number of hydrogen-bond acceptors (Lipinski definition) is 4. The number of aromatic nitrogens is 2. The Hall–Kier alpha value is -2.73. The molecule has 0 aliphatic rings. The molecule has 2 aromatic heterocycles. The lowest BCUT2D eigenvalue weighted by atomic mass is 10.0. The molecular formula is C20H21N3O2S. The van der Waals surface area contributed by atoms with Crippen molar-refractivity contribution in [1.29, 1.82) is 0 Å². The zero-order chi connectivity index (χ0) is 18.7. The summed E-state index contributed by atoms with van der Waals surface area (Å²) in [5.74, 6) is -0.258. The quantitative estimate of drug-likeness (QED) is 0.750. The molecule has 1 atom stereocenters. The summed E-state index contributed by atoms with van der Waals surface area (Å²) in [7, 11) is 0. The summed E-state index contributed by atoms with van der Waals surface area (Å²) in [5, 5.41) is 9.37. The van der Waals surface area contributed by atoms with Gasteiger partial charge in [-0.15, -0.1) is 11.3 Å². The van der Waals surface area contributed by atoms with E-state index in [1.807, 2.05) is 54.8 Å². The smallest absolute Gasteiger partial charge is 0.267 e. The van der Waals surface area contributed by atoms with Crippen molar-refractivity contribution in [3.63, 3.8) is 0 Å². The molecule has 0 bridgehead atoms. The number of hydrogen-bond donors (Lipinski definition) is 1. The van der Waals surface area contributed by atoms with Gasteiger partial charge < -0.3 is 5.32 Å². The van der Waals surface area contributed by atoms with E-state index in [0.29, 0.717) is 5.69 Å². The van der Waals surface area contributed by atoms with E-state index in [1.54, 1.807) is 19.9 Å². The number of carbonyl (C=O) groups excluding carboxylic acids is 1. The first-order valence-corrected chi connectivity index (χ1v) is 9.28. The third-order valence-corrected chi connectivity index (χ3v) is 5.20. The molecule has 1 aromatic carbocycles. The van der Waals surface area contributed by atoms with Gasteiger partial charge in [0, 0.05) is 6.07 Å². The van der Waals surface area contributed by atoms with E-state index in [9.17, 15) is 9.59 Å². The zero-order valence-corrected chi connectivity index (χ0v) is 15.8. The predicted octanol–water partition coefficient (Wildman–Crippen LogP) is 3.58. The molecule has 134 valence electrons. The fourth-order valence-electron chi connectivity index (χ4n) is 2.66. The van der Waals surface area contributed by atoms with Gasteiger partial charge in [0.05, 0.1) is 10.9 Å². The lowest BCUT2D eigenvalue weighted by Gasteiger charge is -2.27. The highest BCUT2D eigenvalue weighted by Crippen LogP contribution is 2.23. The fourth-order valence-corrected chi connectivity index (χ4v) is 3.35. The minimum absolute atomic E-state index is 0.167. The second-order valence-corrected chi connectivity index (χ2v) is 7.56. The van der Waals surface area contributed by atoms with Crippen LogP contribution in [0.3, 0.4) is 0 Å². The van der Waals surface area contributed by atoms with Gasteiger partial charge in [-0.05, 0) is 43.8 Å². The van der Waals surface area contributed by atoms with Gasteiger partial charge in [-0.3, -0.25) is 9.59 Å². The molecule has 0 spiro atoms. The molecule has 3 rings (SSSR count). The topological polar surface area (TPSA) is 64.0 Å². The Kier molecular flexibility index (Phi) is 5.04. The molecular weight excluding hydrogens is 346 g/mol. The van der Waals surface area contributed by atoms with E-state index >= 15 is 0 Å². The highest BCUT2D eigenvalue weighted by molar-refractivity contribution is 7.13. The van der Waals surface area contributed by atoms with Crippen LogP contribution < -0.4 is 10.9 Å². The van der Waals surface area contributed by atoms with Crippen molar-refractivity contribution in [3.05, 3.63) is 75.9 Å². The normalized spacial score (nSPS) is 12.6. The molecule has 3 aromatic rings. The van der Waals surface area contributed by atoms with Crippen LogP contribution in [0.25, 0.3) is 10.6 Å². The van der Waals surface area contributed by atoms with Gasteiger partial charge in [0.25, 0.3) is 5.56 Å². The third kappa shape index (κ3) is 3.60. The summed E-state index contributed by atoms with van der Waals surface area (Å²) in [6.07, 6.45) is 0. The summed E-state index contributed by atoms with van der Waals surface area (Å²) in [6, 6.07) is 16.5. The molecule has 0 saturated carbocycles. The van der Waals surface area contributed by atoms with Crippen molar-refractivity contribution in [1.82, 2.24) is 15.1 Å². The summed E-state index contributed by atoms with van der Waals surface area (Å²) in [4.78, 5) is 26.2. The molecule has 2 heterocycles. The lowest BCUT2D eigenvalue weighted by Crippen LogP contribution is -2.50. The second kappa shape index (κ2) is 7.25. The molecule has 0 aliphatic heterocycles. The third-order valence-electron chi connectivity index (χ3n) is 4.31. The largest absolute Gasteiger partial charge is 0.347 e. The number of nitrogens with one attached hydrogen (secondary N) is 1. The van der Waals surface area contributed by atoms with Crippen LogP contribution in [0.15, 0.2) is 64.8 Å². The minimum Gasteiger partial charge on any atom is -0.347 e. The highest BCUT2D eigenvalue weighted by Gasteiger charge is 2.33. The molecule has 1 N–H and O–H groups in total. The minimum atomic E-state index is -1.12. The Balaban J connectivity index is 1.88. The molecule has 0 fully saturated rings. The van der Waals surface area contributed by atoms with Crippen LogP contribution >= 0.6 is 11.3 Å². The maximum absolute atomic E-state index is 12.9. The van der Waals surface area contributed by atoms with Crippen LogP contribution in [0.4, 0.5) is 0 Å². The van der Waals surface area contributed by atoms with Crippen molar-refractivity contribution in [2.24, 2.45) is 0 Å². The number of nitrogens with zero attached hydrogens (tertiary/aromatic N) is 2. The van der Waals surface area contributed by atoms with Crippen LogP contribution in [-0.4, -0.2) is 15.7 Å². The standard InChI is InChI=1S/C20H21N3O2S/c1-14(15-8-5-4-6-9-15)21-19(25)20(2,3)23-18(24)12-11-16(22-23)17-10-7-13-26-17/h4-14H,1-3H3,(H,21,25). The molecule has 5 nitrogen and oxygen atoms in total. The Bertz CT molecular complexity index is 947. The highest BCUT2D eigenvalue weighted by atomic mass is 32.1. The second-order valence-electron chi connectivity index (χ2n) is 6.61. The first-order chi connectivity index (χ1) is 12.4. The summed E-state index contributed by atoms with van der Waals surface area (Å²) < 4.78 is 1.26. The molecule has 1 unspecified atom stereocenters. The Morgan fingerprint density at radius 2 is 1.85 bits per heavy atom. The Morgan fingerprint density at radius 3 is 2.50 bits per heavy atom. The van der Waals surface area contributed by atoms with E-state index in [0.717, 1.165) is 10.4 Å². The van der Waals surface area contributed by atoms with Gasteiger partial charge in [0.2, 0.25) is 5.91 Å². The average Bonchev–Trinajstić information content (AvgIpc) is 3.17. The van der Waals surface area contributed by atoms with Crippen LogP contribution in [0.2, 0.25) is 0 Å². The van der Waals surface area contributed by atoms with E-state index < -0.39 is 5.54 Å². The first-order valence-electron chi connectivity index (χ1n) is 8.40.